The predicted octanol–water partition coefficient (Wildman–Crippen LogP) is 5.87. The zero-order valence-corrected chi connectivity index (χ0v) is 22.0. The van der Waals surface area contributed by atoms with Gasteiger partial charge in [0.25, 0.3) is 0 Å². The van der Waals surface area contributed by atoms with Crippen LogP contribution in [0, 0.1) is 0 Å². The van der Waals surface area contributed by atoms with Crippen LogP contribution < -0.4 is 10.5 Å². The van der Waals surface area contributed by atoms with Crippen molar-refractivity contribution in [3.05, 3.63) is 74.2 Å². The molecule has 4 aromatic rings. The summed E-state index contributed by atoms with van der Waals surface area (Å²) >= 11 is 7.72. The third kappa shape index (κ3) is 6.81. The van der Waals surface area contributed by atoms with Gasteiger partial charge in [-0.1, -0.05) is 35.8 Å². The summed E-state index contributed by atoms with van der Waals surface area (Å²) in [7, 11) is 1.63. The number of hydrogen-bond donors (Lipinski definition) is 1. The van der Waals surface area contributed by atoms with Crippen molar-refractivity contribution >= 4 is 22.9 Å². The van der Waals surface area contributed by atoms with E-state index in [4.69, 9.17) is 26.1 Å². The normalized spacial score (nSPS) is 11.9. The monoisotopic (exact) mass is 568 g/mol. The molecule has 0 radical (unpaired) electrons. The molecule has 13 heteroatoms. The van der Waals surface area contributed by atoms with E-state index in [1.54, 1.807) is 25.3 Å². The fourth-order valence-electron chi connectivity index (χ4n) is 3.60. The highest BCUT2D eigenvalue weighted by Crippen LogP contribution is 2.34. The molecular formula is C25H24ClF3N4O4S. The van der Waals surface area contributed by atoms with E-state index < -0.39 is 17.5 Å². The van der Waals surface area contributed by atoms with Crippen molar-refractivity contribution in [2.24, 2.45) is 0 Å². The van der Waals surface area contributed by atoms with Crippen LogP contribution in [-0.2, 0) is 24.1 Å². The summed E-state index contributed by atoms with van der Waals surface area (Å²) in [6.45, 7) is 4.73. The lowest BCUT2D eigenvalue weighted by Gasteiger charge is -2.19. The Balaban J connectivity index is 1.57. The number of halogens is 4. The largest absolute Gasteiger partial charge is 0.488 e. The minimum atomic E-state index is -4.41. The third-order valence-electron chi connectivity index (χ3n) is 5.68. The molecule has 0 unspecified atom stereocenters. The Morgan fingerprint density at radius 1 is 1.18 bits per heavy atom. The van der Waals surface area contributed by atoms with E-state index >= 15 is 0 Å². The fraction of sp³-hybridized carbons (Fsp3) is 0.320. The highest BCUT2D eigenvalue weighted by Gasteiger charge is 2.30. The Hall–Kier alpha value is -3.19. The van der Waals surface area contributed by atoms with E-state index in [0.29, 0.717) is 46.6 Å². The zero-order valence-electron chi connectivity index (χ0n) is 20.5. The van der Waals surface area contributed by atoms with Gasteiger partial charge < -0.3 is 9.47 Å². The molecule has 2 heterocycles. The van der Waals surface area contributed by atoms with Crippen molar-refractivity contribution in [3.8, 4) is 27.7 Å². The van der Waals surface area contributed by atoms with Crippen molar-refractivity contribution in [1.82, 2.24) is 20.0 Å². The van der Waals surface area contributed by atoms with E-state index in [1.807, 2.05) is 6.92 Å². The van der Waals surface area contributed by atoms with Crippen LogP contribution >= 0.6 is 22.9 Å². The third-order valence-corrected chi connectivity index (χ3v) is 7.11. The average Bonchev–Trinajstić information content (AvgIpc) is 3.50. The van der Waals surface area contributed by atoms with Crippen molar-refractivity contribution in [1.29, 1.82) is 0 Å². The summed E-state index contributed by atoms with van der Waals surface area (Å²) < 4.78 is 54.7. The first kappa shape index (κ1) is 27.8. The molecule has 0 aliphatic heterocycles. The summed E-state index contributed by atoms with van der Waals surface area (Å²) in [5.74, 6) is -0.00969. The molecular weight excluding hydrogens is 545 g/mol. The number of likely N-dealkylation sites (N-methyl/N-ethyl adjacent to an activating group) is 1. The van der Waals surface area contributed by atoms with Gasteiger partial charge in [-0.3, -0.25) is 14.4 Å². The van der Waals surface area contributed by atoms with Crippen molar-refractivity contribution in [2.75, 3.05) is 26.8 Å². The van der Waals surface area contributed by atoms with Crippen LogP contribution in [0.1, 0.15) is 23.1 Å². The van der Waals surface area contributed by atoms with Gasteiger partial charge in [0, 0.05) is 31.3 Å². The molecule has 1 N–H and O–H groups in total. The van der Waals surface area contributed by atoms with Crippen LogP contribution in [-0.4, -0.2) is 46.8 Å². The van der Waals surface area contributed by atoms with Crippen LogP contribution in [0.4, 0.5) is 13.2 Å². The predicted molar refractivity (Wildman–Crippen MR) is 137 cm³/mol. The first-order chi connectivity index (χ1) is 18.2. The number of ether oxygens (including phenoxy) is 2. The smallest absolute Gasteiger partial charge is 0.439 e. The number of aromatic nitrogens is 3. The molecule has 2 aromatic carbocycles. The summed E-state index contributed by atoms with van der Waals surface area (Å²) in [4.78, 5) is 21.4. The van der Waals surface area contributed by atoms with Gasteiger partial charge in [0.05, 0.1) is 27.8 Å². The molecule has 0 spiro atoms. The molecule has 0 amide bonds. The van der Waals surface area contributed by atoms with Crippen molar-refractivity contribution in [2.45, 2.75) is 26.3 Å². The van der Waals surface area contributed by atoms with E-state index in [0.717, 1.165) is 29.2 Å². The SMILES string of the molecule is CCN(CCOC)Cc1nc(-c2ccc(C(F)(F)F)cc2)sc1COc1ccc(-c2noc(=O)[nH]2)c(Cl)c1. The second-order valence-corrected chi connectivity index (χ2v) is 9.69. The van der Waals surface area contributed by atoms with Gasteiger partial charge in [0.15, 0.2) is 5.82 Å². The summed E-state index contributed by atoms with van der Waals surface area (Å²) in [5, 5.41) is 4.54. The highest BCUT2D eigenvalue weighted by molar-refractivity contribution is 7.15. The Kier molecular flexibility index (Phi) is 8.87. The molecule has 0 atom stereocenters. The zero-order chi connectivity index (χ0) is 27.3. The molecule has 0 bridgehead atoms. The number of methoxy groups -OCH3 is 1. The van der Waals surface area contributed by atoms with E-state index in [-0.39, 0.29) is 12.4 Å². The van der Waals surface area contributed by atoms with Crippen molar-refractivity contribution < 1.29 is 27.2 Å². The minimum absolute atomic E-state index is 0.173. The summed E-state index contributed by atoms with van der Waals surface area (Å²) in [6, 6.07) is 9.87. The summed E-state index contributed by atoms with van der Waals surface area (Å²) in [6.07, 6.45) is -4.41. The van der Waals surface area contributed by atoms with Gasteiger partial charge in [-0.25, -0.2) is 9.78 Å². The number of aromatic amines is 1. The van der Waals surface area contributed by atoms with Crippen molar-refractivity contribution in [3.63, 3.8) is 0 Å². The molecule has 0 saturated carbocycles. The number of thiazole rings is 1. The van der Waals surface area contributed by atoms with Crippen LogP contribution in [0.5, 0.6) is 5.75 Å². The molecule has 8 nitrogen and oxygen atoms in total. The van der Waals surface area contributed by atoms with E-state index in [9.17, 15) is 18.0 Å². The lowest BCUT2D eigenvalue weighted by molar-refractivity contribution is -0.137. The maximum absolute atomic E-state index is 13.0. The standard InChI is InChI=1S/C25H24ClF3N4O4S/c1-3-33(10-11-35-2)13-20-21(38-23(30-20)15-4-6-16(7-5-15)25(27,28)29)14-36-17-8-9-18(19(26)12-17)22-31-24(34)37-32-22/h4-9,12H,3,10-11,13-14H2,1-2H3,(H,31,32,34). The molecule has 0 aliphatic rings. The van der Waals surface area contributed by atoms with Crippen LogP contribution in [0.15, 0.2) is 51.8 Å². The molecule has 38 heavy (non-hydrogen) atoms. The van der Waals surface area contributed by atoms with Gasteiger partial charge in [-0.15, -0.1) is 11.3 Å². The van der Waals surface area contributed by atoms with Gasteiger partial charge in [0.2, 0.25) is 0 Å². The number of benzene rings is 2. The summed E-state index contributed by atoms with van der Waals surface area (Å²) in [5.41, 5.74) is 1.12. The first-order valence-corrected chi connectivity index (χ1v) is 12.7. The van der Waals surface area contributed by atoms with E-state index in [1.165, 1.54) is 23.5 Å². The highest BCUT2D eigenvalue weighted by atomic mass is 35.5. The first-order valence-electron chi connectivity index (χ1n) is 11.5. The van der Waals surface area contributed by atoms with E-state index in [2.05, 4.69) is 19.6 Å². The molecule has 4 rings (SSSR count). The second-order valence-electron chi connectivity index (χ2n) is 8.20. The topological polar surface area (TPSA) is 93.5 Å². The number of hydrogen-bond acceptors (Lipinski definition) is 8. The molecule has 0 saturated heterocycles. The Morgan fingerprint density at radius 2 is 1.95 bits per heavy atom. The molecule has 0 aliphatic carbocycles. The second kappa shape index (κ2) is 12.1. The number of rotatable bonds is 11. The minimum Gasteiger partial charge on any atom is -0.488 e. The number of nitrogens with one attached hydrogen (secondary N) is 1. The lowest BCUT2D eigenvalue weighted by Crippen LogP contribution is -2.27. The molecule has 0 fully saturated rings. The van der Waals surface area contributed by atoms with Gasteiger partial charge in [0.1, 0.15) is 17.4 Å². The average molecular weight is 569 g/mol. The van der Waals surface area contributed by atoms with Gasteiger partial charge in [-0.2, -0.15) is 13.2 Å². The fourth-order valence-corrected chi connectivity index (χ4v) is 4.85. The Morgan fingerprint density at radius 3 is 2.55 bits per heavy atom. The Labute approximate surface area is 225 Å². The maximum Gasteiger partial charge on any atom is 0.439 e. The van der Waals surface area contributed by atoms with Crippen LogP contribution in [0.3, 0.4) is 0 Å². The molecule has 202 valence electrons. The lowest BCUT2D eigenvalue weighted by atomic mass is 10.1. The number of H-pyrrole nitrogens is 1. The maximum atomic E-state index is 13.0. The van der Waals surface area contributed by atoms with Crippen LogP contribution in [0.2, 0.25) is 5.02 Å². The van der Waals surface area contributed by atoms with Gasteiger partial charge >= 0.3 is 11.9 Å². The van der Waals surface area contributed by atoms with Crippen LogP contribution in [0.25, 0.3) is 22.0 Å². The quantitative estimate of drug-likeness (QED) is 0.242. The number of alkyl halides is 3. The molecule has 2 aromatic heterocycles. The number of nitrogens with zero attached hydrogens (tertiary/aromatic N) is 3. The Bertz CT molecular complexity index is 1420. The van der Waals surface area contributed by atoms with Gasteiger partial charge in [-0.05, 0) is 36.9 Å².